The highest BCUT2D eigenvalue weighted by Crippen LogP contribution is 2.33. The smallest absolute Gasteiger partial charge is 0.323 e. The summed E-state index contributed by atoms with van der Waals surface area (Å²) in [5.41, 5.74) is 6.26. The number of nitrogens with one attached hydrogen (secondary N) is 4. The minimum atomic E-state index is -1.29. The lowest BCUT2D eigenvalue weighted by Crippen LogP contribution is -2.67. The second-order valence-corrected chi connectivity index (χ2v) is 8.74. The molecule has 4 aromatic rings. The van der Waals surface area contributed by atoms with Gasteiger partial charge in [0.05, 0.1) is 13.5 Å². The lowest BCUT2D eigenvalue weighted by atomic mass is 10.0. The predicted octanol–water partition coefficient (Wildman–Crippen LogP) is 2.88. The summed E-state index contributed by atoms with van der Waals surface area (Å²) in [5.74, 6) is 1.36. The summed E-state index contributed by atoms with van der Waals surface area (Å²) in [6.07, 6.45) is 3.32. The van der Waals surface area contributed by atoms with E-state index in [0.29, 0.717) is 35.8 Å². The number of nitrogens with zero attached hydrogens (tertiary/aromatic N) is 3. The quantitative estimate of drug-likeness (QED) is 0.325. The molecule has 3 amide bonds. The average Bonchev–Trinajstić information content (AvgIpc) is 3.47. The Labute approximate surface area is 205 Å². The Morgan fingerprint density at radius 3 is 2.69 bits per heavy atom. The summed E-state index contributed by atoms with van der Waals surface area (Å²) in [4.78, 5) is 33.6. The predicted molar refractivity (Wildman–Crippen MR) is 130 cm³/mol. The normalized spacial score (nSPS) is 19.6. The maximum Gasteiger partial charge on any atom is 0.323 e. The molecular weight excluding hydrogens is 462 g/mol. The number of furan rings is 1. The topological polar surface area (TPSA) is 134 Å². The lowest BCUT2D eigenvalue weighted by molar-refractivity contribution is -0.124. The molecule has 5 heterocycles. The molecule has 1 saturated heterocycles. The maximum atomic E-state index is 12.5. The lowest BCUT2D eigenvalue weighted by Gasteiger charge is -2.39. The van der Waals surface area contributed by atoms with E-state index < -0.39 is 17.6 Å². The average molecular weight is 486 g/mol. The number of anilines is 2. The molecule has 2 aliphatic rings. The number of fused-ring (bicyclic) bond motifs is 2. The highest BCUT2D eigenvalue weighted by molar-refractivity contribution is 5.98. The summed E-state index contributed by atoms with van der Waals surface area (Å²) in [6.45, 7) is 1.14. The number of benzene rings is 1. The monoisotopic (exact) mass is 485 g/mol. The van der Waals surface area contributed by atoms with Crippen LogP contribution in [-0.4, -0.2) is 34.0 Å². The largest absolute Gasteiger partial charge is 0.497 e. The number of hydrogen-bond acceptors (Lipinski definition) is 9. The number of hydrazine groups is 1. The summed E-state index contributed by atoms with van der Waals surface area (Å²) in [6, 6.07) is 14.3. The molecule has 3 aromatic heterocycles. The molecule has 0 saturated carbocycles. The van der Waals surface area contributed by atoms with E-state index in [1.807, 2.05) is 35.3 Å². The molecule has 182 valence electrons. The van der Waals surface area contributed by atoms with E-state index in [4.69, 9.17) is 9.15 Å². The number of methoxy groups -OCH3 is 1. The molecule has 0 bridgehead atoms. The van der Waals surface area contributed by atoms with Gasteiger partial charge in [-0.3, -0.25) is 15.1 Å². The van der Waals surface area contributed by atoms with Crippen LogP contribution >= 0.6 is 0 Å². The van der Waals surface area contributed by atoms with Crippen molar-refractivity contribution in [2.45, 2.75) is 25.2 Å². The van der Waals surface area contributed by atoms with Gasteiger partial charge in [-0.1, -0.05) is 6.07 Å². The Morgan fingerprint density at radius 1 is 1.06 bits per heavy atom. The molecule has 4 N–H and O–H groups in total. The van der Waals surface area contributed by atoms with Gasteiger partial charge in [0, 0.05) is 37.2 Å². The van der Waals surface area contributed by atoms with Crippen LogP contribution < -0.4 is 26.1 Å². The molecule has 11 nitrogen and oxygen atoms in total. The molecule has 0 aliphatic carbocycles. The van der Waals surface area contributed by atoms with Crippen LogP contribution in [0.5, 0.6) is 5.75 Å². The SMILES string of the molecule is COc1ccc2c(c1)CN(N[C@]1(c3cc4nc(Nc5ccncc5)ccc4o3)CC(=O)NC(=O)N1)C2. The molecule has 36 heavy (non-hydrogen) atoms. The van der Waals surface area contributed by atoms with E-state index >= 15 is 0 Å². The first-order valence-corrected chi connectivity index (χ1v) is 11.4. The van der Waals surface area contributed by atoms with Crippen LogP contribution in [0.3, 0.4) is 0 Å². The van der Waals surface area contributed by atoms with Gasteiger partial charge < -0.3 is 19.8 Å². The second-order valence-electron chi connectivity index (χ2n) is 8.74. The molecule has 11 heteroatoms. The van der Waals surface area contributed by atoms with Gasteiger partial charge in [-0.25, -0.2) is 20.2 Å². The number of amides is 3. The van der Waals surface area contributed by atoms with Gasteiger partial charge in [-0.2, -0.15) is 0 Å². The molecular formula is C25H23N7O4. The Hall–Kier alpha value is -4.48. The number of carbonyl (C=O) groups excluding carboxylic acids is 2. The minimum absolute atomic E-state index is 0.0587. The molecule has 1 atom stereocenters. The van der Waals surface area contributed by atoms with E-state index in [0.717, 1.165) is 22.6 Å². The van der Waals surface area contributed by atoms with Crippen LogP contribution in [0.1, 0.15) is 23.3 Å². The van der Waals surface area contributed by atoms with Crippen molar-refractivity contribution in [3.05, 3.63) is 77.8 Å². The third-order valence-corrected chi connectivity index (χ3v) is 6.24. The molecule has 6 rings (SSSR count). The Kier molecular flexibility index (Phi) is 5.28. The van der Waals surface area contributed by atoms with E-state index in [1.54, 1.807) is 37.7 Å². The summed E-state index contributed by atoms with van der Waals surface area (Å²) < 4.78 is 11.5. The van der Waals surface area contributed by atoms with Gasteiger partial charge in [0.2, 0.25) is 5.91 Å². The van der Waals surface area contributed by atoms with Crippen LogP contribution in [0.4, 0.5) is 16.3 Å². The Balaban J connectivity index is 1.32. The fraction of sp³-hybridized carbons (Fsp3) is 0.200. The Bertz CT molecular complexity index is 1450. The van der Waals surface area contributed by atoms with Crippen molar-refractivity contribution in [1.29, 1.82) is 0 Å². The van der Waals surface area contributed by atoms with Crippen LogP contribution in [0, 0.1) is 0 Å². The summed E-state index contributed by atoms with van der Waals surface area (Å²) >= 11 is 0. The fourth-order valence-corrected chi connectivity index (χ4v) is 4.59. The van der Waals surface area contributed by atoms with Crippen LogP contribution in [0.15, 0.2) is 65.3 Å². The number of carbonyl (C=O) groups is 2. The standard InChI is InChI=1S/C25H23N7O4/c1-35-18-3-2-15-13-32(14-16(15)10-18)31-25(12-23(33)29-24(34)30-25)21-11-19-20(36-21)4-5-22(28-19)27-17-6-8-26-9-7-17/h2-11,31H,12-14H2,1H3,(H,26,27,28)(H2,29,30,33,34)/t25-/m0/s1. The molecule has 1 aromatic carbocycles. The van der Waals surface area contributed by atoms with Crippen LogP contribution in [0.2, 0.25) is 0 Å². The number of pyridine rings is 2. The van der Waals surface area contributed by atoms with E-state index in [1.165, 1.54) is 0 Å². The first-order chi connectivity index (χ1) is 17.5. The highest BCUT2D eigenvalue weighted by Gasteiger charge is 2.45. The molecule has 1 fully saturated rings. The van der Waals surface area contributed by atoms with E-state index in [9.17, 15) is 9.59 Å². The first kappa shape index (κ1) is 22.0. The van der Waals surface area contributed by atoms with Gasteiger partial charge in [0.25, 0.3) is 0 Å². The maximum absolute atomic E-state index is 12.5. The summed E-state index contributed by atoms with van der Waals surface area (Å²) in [7, 11) is 1.63. The number of aromatic nitrogens is 2. The zero-order valence-corrected chi connectivity index (χ0v) is 19.4. The number of hydrogen-bond donors (Lipinski definition) is 4. The molecule has 0 spiro atoms. The second kappa shape index (κ2) is 8.63. The highest BCUT2D eigenvalue weighted by atomic mass is 16.5. The molecule has 0 radical (unpaired) electrons. The van der Waals surface area contributed by atoms with Crippen molar-refractivity contribution in [2.75, 3.05) is 12.4 Å². The van der Waals surface area contributed by atoms with Crippen LogP contribution in [0.25, 0.3) is 11.1 Å². The number of rotatable bonds is 6. The molecule has 2 aliphatic heterocycles. The van der Waals surface area contributed by atoms with E-state index in [-0.39, 0.29) is 6.42 Å². The number of ether oxygens (including phenoxy) is 1. The van der Waals surface area contributed by atoms with Crippen molar-refractivity contribution >= 4 is 34.5 Å². The third kappa shape index (κ3) is 4.10. The van der Waals surface area contributed by atoms with Gasteiger partial charge in [-0.05, 0) is 47.5 Å². The van der Waals surface area contributed by atoms with Gasteiger partial charge in [0.15, 0.2) is 11.2 Å². The van der Waals surface area contributed by atoms with Crippen molar-refractivity contribution in [2.24, 2.45) is 0 Å². The molecule has 0 unspecified atom stereocenters. The number of urea groups is 1. The van der Waals surface area contributed by atoms with Crippen molar-refractivity contribution in [1.82, 2.24) is 31.0 Å². The first-order valence-electron chi connectivity index (χ1n) is 11.4. The van der Waals surface area contributed by atoms with Crippen LogP contribution in [-0.2, 0) is 23.5 Å². The van der Waals surface area contributed by atoms with Crippen molar-refractivity contribution in [3.8, 4) is 5.75 Å². The third-order valence-electron chi connectivity index (χ3n) is 6.24. The number of imide groups is 1. The fourth-order valence-electron chi connectivity index (χ4n) is 4.59. The van der Waals surface area contributed by atoms with E-state index in [2.05, 4.69) is 31.3 Å². The summed E-state index contributed by atoms with van der Waals surface area (Å²) in [5, 5.41) is 10.3. The van der Waals surface area contributed by atoms with Gasteiger partial charge in [-0.15, -0.1) is 0 Å². The zero-order valence-electron chi connectivity index (χ0n) is 19.4. The van der Waals surface area contributed by atoms with Gasteiger partial charge in [0.1, 0.15) is 22.8 Å². The van der Waals surface area contributed by atoms with Crippen molar-refractivity contribution < 1.29 is 18.7 Å². The van der Waals surface area contributed by atoms with Crippen molar-refractivity contribution in [3.63, 3.8) is 0 Å². The minimum Gasteiger partial charge on any atom is -0.497 e. The zero-order chi connectivity index (χ0) is 24.7. The Morgan fingerprint density at radius 2 is 1.89 bits per heavy atom. The van der Waals surface area contributed by atoms with Gasteiger partial charge >= 0.3 is 6.03 Å².